The Kier molecular flexibility index (Phi) is 12.3. The predicted octanol–water partition coefficient (Wildman–Crippen LogP) is 2.24. The summed E-state index contributed by atoms with van der Waals surface area (Å²) in [6.45, 7) is 1.83. The summed E-state index contributed by atoms with van der Waals surface area (Å²) in [6.07, 6.45) is 2.73. The molecule has 1 heterocycles. The Morgan fingerprint density at radius 3 is 2.41 bits per heavy atom. The van der Waals surface area contributed by atoms with E-state index in [1.807, 2.05) is 30.3 Å². The maximum absolute atomic E-state index is 12.2. The number of halogens is 3. The lowest BCUT2D eigenvalue weighted by atomic mass is 10.1. The molecular formula is C19H26Cl3N5O2. The van der Waals surface area contributed by atoms with Crippen molar-refractivity contribution in [3.05, 3.63) is 58.7 Å². The first-order chi connectivity index (χ1) is 12.9. The van der Waals surface area contributed by atoms with E-state index in [4.69, 9.17) is 23.1 Å². The zero-order valence-electron chi connectivity index (χ0n) is 15.9. The quantitative estimate of drug-likeness (QED) is 0.479. The average molecular weight is 463 g/mol. The zero-order chi connectivity index (χ0) is 19.8. The third-order valence-electron chi connectivity index (χ3n) is 4.07. The van der Waals surface area contributed by atoms with Crippen LogP contribution in [0.2, 0.25) is 5.02 Å². The normalized spacial score (nSPS) is 12.0. The summed E-state index contributed by atoms with van der Waals surface area (Å²) >= 11 is 5.90. The van der Waals surface area contributed by atoms with Crippen molar-refractivity contribution in [2.75, 3.05) is 5.73 Å². The summed E-state index contributed by atoms with van der Waals surface area (Å²) in [4.78, 5) is 28.3. The minimum Gasteiger partial charge on any atom is -0.382 e. The maximum atomic E-state index is 12.2. The van der Waals surface area contributed by atoms with E-state index < -0.39 is 12.1 Å². The molecule has 2 rings (SSSR count). The van der Waals surface area contributed by atoms with Crippen molar-refractivity contribution in [1.82, 2.24) is 15.6 Å². The number of aromatic nitrogens is 1. The molecule has 2 atom stereocenters. The monoisotopic (exact) mass is 461 g/mol. The number of nitrogen functional groups attached to an aromatic ring is 1. The van der Waals surface area contributed by atoms with Gasteiger partial charge in [-0.2, -0.15) is 0 Å². The Bertz CT molecular complexity index is 793. The molecule has 0 unspecified atom stereocenters. The van der Waals surface area contributed by atoms with E-state index in [0.717, 1.165) is 5.56 Å². The van der Waals surface area contributed by atoms with Crippen LogP contribution in [0.5, 0.6) is 0 Å². The Morgan fingerprint density at radius 2 is 1.79 bits per heavy atom. The molecule has 0 saturated carbocycles. The first-order valence-corrected chi connectivity index (χ1v) is 9.02. The van der Waals surface area contributed by atoms with Crippen molar-refractivity contribution in [1.29, 1.82) is 0 Å². The number of hydrogen-bond donors (Lipinski definition) is 4. The third kappa shape index (κ3) is 8.87. The van der Waals surface area contributed by atoms with Crippen molar-refractivity contribution in [3.8, 4) is 0 Å². The number of hydrogen-bond acceptors (Lipinski definition) is 5. The smallest absolute Gasteiger partial charge is 0.242 e. The molecule has 6 N–H and O–H groups in total. The van der Waals surface area contributed by atoms with Crippen molar-refractivity contribution in [2.24, 2.45) is 5.73 Å². The molecule has 7 nitrogen and oxygen atoms in total. The summed E-state index contributed by atoms with van der Waals surface area (Å²) in [5, 5.41) is 5.67. The van der Waals surface area contributed by atoms with E-state index in [1.165, 1.54) is 6.20 Å². The molecule has 1 aromatic carbocycles. The highest BCUT2D eigenvalue weighted by Gasteiger charge is 2.20. The summed E-state index contributed by atoms with van der Waals surface area (Å²) < 4.78 is 0. The van der Waals surface area contributed by atoms with Crippen LogP contribution in [-0.2, 0) is 22.6 Å². The zero-order valence-corrected chi connectivity index (χ0v) is 18.3. The van der Waals surface area contributed by atoms with Gasteiger partial charge in [-0.3, -0.25) is 9.59 Å². The number of nitrogens with zero attached hydrogens (tertiary/aromatic N) is 1. The van der Waals surface area contributed by atoms with Gasteiger partial charge in [0.25, 0.3) is 0 Å². The van der Waals surface area contributed by atoms with Crippen LogP contribution in [0.1, 0.15) is 24.5 Å². The number of anilines is 1. The number of carbonyl (C=O) groups is 2. The molecule has 0 aliphatic carbocycles. The molecule has 0 saturated heterocycles. The second-order valence-corrected chi connectivity index (χ2v) is 6.70. The highest BCUT2D eigenvalue weighted by Crippen LogP contribution is 2.16. The van der Waals surface area contributed by atoms with Crippen LogP contribution >= 0.6 is 36.4 Å². The molecule has 2 aromatic rings. The van der Waals surface area contributed by atoms with Crippen LogP contribution in [0.25, 0.3) is 0 Å². The van der Waals surface area contributed by atoms with E-state index in [2.05, 4.69) is 15.6 Å². The molecule has 0 aliphatic rings. The fourth-order valence-electron chi connectivity index (χ4n) is 2.41. The molecule has 0 radical (unpaired) electrons. The molecular weight excluding hydrogens is 437 g/mol. The van der Waals surface area contributed by atoms with Crippen molar-refractivity contribution in [3.63, 3.8) is 0 Å². The first-order valence-electron chi connectivity index (χ1n) is 8.64. The van der Waals surface area contributed by atoms with Gasteiger partial charge in [-0.15, -0.1) is 24.8 Å². The fraction of sp³-hybridized carbons (Fsp3) is 0.316. The van der Waals surface area contributed by atoms with Gasteiger partial charge in [0.2, 0.25) is 11.8 Å². The summed E-state index contributed by atoms with van der Waals surface area (Å²) in [5.74, 6) is -0.450. The van der Waals surface area contributed by atoms with Crippen LogP contribution in [0.4, 0.5) is 5.82 Å². The maximum Gasteiger partial charge on any atom is 0.242 e. The van der Waals surface area contributed by atoms with E-state index >= 15 is 0 Å². The first kappa shape index (κ1) is 26.9. The number of nitrogens with one attached hydrogen (secondary N) is 2. The molecule has 0 bridgehead atoms. The Balaban J connectivity index is 0.00000392. The van der Waals surface area contributed by atoms with Gasteiger partial charge < -0.3 is 22.1 Å². The van der Waals surface area contributed by atoms with E-state index in [9.17, 15) is 9.59 Å². The minimum atomic E-state index is -0.711. The van der Waals surface area contributed by atoms with Crippen LogP contribution in [0.3, 0.4) is 0 Å². The van der Waals surface area contributed by atoms with Crippen LogP contribution < -0.4 is 22.1 Å². The molecule has 160 valence electrons. The molecule has 1 aromatic heterocycles. The second-order valence-electron chi connectivity index (χ2n) is 6.29. The molecule has 0 spiro atoms. The fourth-order valence-corrected chi connectivity index (χ4v) is 2.60. The molecule has 10 heteroatoms. The van der Waals surface area contributed by atoms with Crippen molar-refractivity contribution >= 4 is 54.0 Å². The van der Waals surface area contributed by atoms with Gasteiger partial charge in [0.1, 0.15) is 11.9 Å². The summed E-state index contributed by atoms with van der Waals surface area (Å²) in [7, 11) is 0. The minimum absolute atomic E-state index is 0. The van der Waals surface area contributed by atoms with Gasteiger partial charge >= 0.3 is 0 Å². The van der Waals surface area contributed by atoms with E-state index in [0.29, 0.717) is 23.4 Å². The van der Waals surface area contributed by atoms with Gasteiger partial charge in [0.05, 0.1) is 11.1 Å². The Hall–Kier alpha value is -2.06. The van der Waals surface area contributed by atoms with Crippen molar-refractivity contribution in [2.45, 2.75) is 38.4 Å². The number of carbonyl (C=O) groups excluding carboxylic acids is 2. The highest BCUT2D eigenvalue weighted by atomic mass is 35.5. The average Bonchev–Trinajstić information content (AvgIpc) is 2.67. The lowest BCUT2D eigenvalue weighted by molar-refractivity contribution is -0.129. The molecule has 29 heavy (non-hydrogen) atoms. The molecule has 0 fully saturated rings. The SMILES string of the molecule is C[C@H](NC(=O)[C@H](N)CCc1ccccc1)C(=O)NCc1cnc(N)c(Cl)c1.Cl.Cl. The van der Waals surface area contributed by atoms with Crippen LogP contribution in [0.15, 0.2) is 42.6 Å². The topological polar surface area (TPSA) is 123 Å². The van der Waals surface area contributed by atoms with E-state index in [-0.39, 0.29) is 49.0 Å². The Morgan fingerprint density at radius 1 is 1.14 bits per heavy atom. The van der Waals surface area contributed by atoms with Gasteiger partial charge in [-0.25, -0.2) is 4.98 Å². The third-order valence-corrected chi connectivity index (χ3v) is 4.37. The standard InChI is InChI=1S/C19H24ClN5O2.2ClH/c1-12(18(26)24-11-14-9-15(20)17(22)23-10-14)25-19(27)16(21)8-7-13-5-3-2-4-6-13;;/h2-6,9-10,12,16H,7-8,11,21H2,1H3,(H2,22,23)(H,24,26)(H,25,27);2*1H/t12-,16+;;/m0../s1. The van der Waals surface area contributed by atoms with Gasteiger partial charge in [-0.05, 0) is 37.0 Å². The van der Waals surface area contributed by atoms with Gasteiger partial charge in [0, 0.05) is 12.7 Å². The van der Waals surface area contributed by atoms with Crippen LogP contribution in [0, 0.1) is 0 Å². The van der Waals surface area contributed by atoms with Crippen LogP contribution in [-0.4, -0.2) is 28.9 Å². The lowest BCUT2D eigenvalue weighted by Gasteiger charge is -2.17. The van der Waals surface area contributed by atoms with Crippen molar-refractivity contribution < 1.29 is 9.59 Å². The molecule has 2 amide bonds. The number of pyridine rings is 1. The molecule has 0 aliphatic heterocycles. The lowest BCUT2D eigenvalue weighted by Crippen LogP contribution is -2.50. The summed E-state index contributed by atoms with van der Waals surface area (Å²) in [5.41, 5.74) is 13.3. The highest BCUT2D eigenvalue weighted by molar-refractivity contribution is 6.32. The number of benzene rings is 1. The number of rotatable bonds is 8. The number of aryl methyl sites for hydroxylation is 1. The Labute approximate surface area is 187 Å². The second kappa shape index (κ2) is 13.2. The number of amides is 2. The number of nitrogens with two attached hydrogens (primary N) is 2. The largest absolute Gasteiger partial charge is 0.382 e. The van der Waals surface area contributed by atoms with Gasteiger partial charge in [0.15, 0.2) is 0 Å². The van der Waals surface area contributed by atoms with Gasteiger partial charge in [-0.1, -0.05) is 41.9 Å². The van der Waals surface area contributed by atoms with E-state index in [1.54, 1.807) is 13.0 Å². The summed E-state index contributed by atoms with van der Waals surface area (Å²) in [6, 6.07) is 10.0. The predicted molar refractivity (Wildman–Crippen MR) is 120 cm³/mol.